The van der Waals surface area contributed by atoms with Crippen LogP contribution in [0.4, 0.5) is 4.79 Å². The van der Waals surface area contributed by atoms with E-state index in [4.69, 9.17) is 10.5 Å². The Morgan fingerprint density at radius 3 is 3.00 bits per heavy atom. The highest BCUT2D eigenvalue weighted by atomic mass is 16.5. The van der Waals surface area contributed by atoms with Crippen LogP contribution in [0.5, 0.6) is 5.88 Å². The van der Waals surface area contributed by atoms with Gasteiger partial charge >= 0.3 is 6.03 Å². The predicted molar refractivity (Wildman–Crippen MR) is 85.7 cm³/mol. The van der Waals surface area contributed by atoms with Crippen molar-refractivity contribution in [3.05, 3.63) is 23.9 Å². The number of nitrogens with one attached hydrogen (secondary N) is 1. The Balaban J connectivity index is 1.93. The van der Waals surface area contributed by atoms with Gasteiger partial charge in [0.1, 0.15) is 0 Å². The van der Waals surface area contributed by atoms with Crippen molar-refractivity contribution in [2.75, 3.05) is 13.1 Å². The number of hydrogen-bond acceptors (Lipinski definition) is 4. The smallest absolute Gasteiger partial charge is 0.314 e. The molecular formula is C16H24N4O3. The average molecular weight is 320 g/mol. The third kappa shape index (κ3) is 4.84. The summed E-state index contributed by atoms with van der Waals surface area (Å²) >= 11 is 0. The fourth-order valence-electron chi connectivity index (χ4n) is 2.61. The first-order valence-electron chi connectivity index (χ1n) is 7.90. The van der Waals surface area contributed by atoms with Crippen LogP contribution in [0.25, 0.3) is 0 Å². The fraction of sp³-hybridized carbons (Fsp3) is 0.562. The SMILES string of the molecule is CC(C)Oc1ncccc1CNC(=O)C1CCCN(C(N)=O)C1. The lowest BCUT2D eigenvalue weighted by Crippen LogP contribution is -2.47. The van der Waals surface area contributed by atoms with Crippen molar-refractivity contribution in [1.29, 1.82) is 0 Å². The molecule has 1 unspecified atom stereocenters. The summed E-state index contributed by atoms with van der Waals surface area (Å²) in [5.74, 6) is 0.239. The van der Waals surface area contributed by atoms with Gasteiger partial charge in [0.25, 0.3) is 0 Å². The molecule has 1 aliphatic heterocycles. The van der Waals surface area contributed by atoms with Gasteiger partial charge in [-0.25, -0.2) is 9.78 Å². The molecule has 2 heterocycles. The minimum absolute atomic E-state index is 0.0156. The number of urea groups is 1. The lowest BCUT2D eigenvalue weighted by Gasteiger charge is -2.30. The summed E-state index contributed by atoms with van der Waals surface area (Å²) in [6.07, 6.45) is 3.23. The zero-order valence-corrected chi connectivity index (χ0v) is 13.6. The maximum atomic E-state index is 12.3. The minimum atomic E-state index is -0.470. The highest BCUT2D eigenvalue weighted by molar-refractivity contribution is 5.80. The largest absolute Gasteiger partial charge is 0.475 e. The van der Waals surface area contributed by atoms with Crippen LogP contribution in [0, 0.1) is 5.92 Å². The van der Waals surface area contributed by atoms with Crippen LogP contribution in [-0.4, -0.2) is 41.0 Å². The van der Waals surface area contributed by atoms with E-state index >= 15 is 0 Å². The second kappa shape index (κ2) is 7.80. The third-order valence-corrected chi connectivity index (χ3v) is 3.75. The predicted octanol–water partition coefficient (Wildman–Crippen LogP) is 1.28. The van der Waals surface area contributed by atoms with Crippen LogP contribution >= 0.6 is 0 Å². The normalized spacial score (nSPS) is 17.9. The molecule has 2 rings (SSSR count). The maximum Gasteiger partial charge on any atom is 0.314 e. The van der Waals surface area contributed by atoms with Gasteiger partial charge in [-0.3, -0.25) is 4.79 Å². The molecule has 23 heavy (non-hydrogen) atoms. The van der Waals surface area contributed by atoms with Crippen molar-refractivity contribution in [3.63, 3.8) is 0 Å². The fourth-order valence-corrected chi connectivity index (χ4v) is 2.61. The molecule has 126 valence electrons. The zero-order chi connectivity index (χ0) is 16.8. The Labute approximate surface area is 136 Å². The second-order valence-corrected chi connectivity index (χ2v) is 5.98. The van der Waals surface area contributed by atoms with Gasteiger partial charge in [-0.15, -0.1) is 0 Å². The van der Waals surface area contributed by atoms with Gasteiger partial charge in [-0.05, 0) is 32.8 Å². The molecule has 0 aliphatic carbocycles. The van der Waals surface area contributed by atoms with Gasteiger partial charge < -0.3 is 20.7 Å². The molecule has 1 fully saturated rings. The number of primary amides is 1. The topological polar surface area (TPSA) is 97.6 Å². The van der Waals surface area contributed by atoms with E-state index < -0.39 is 6.03 Å². The maximum absolute atomic E-state index is 12.3. The number of hydrogen-bond donors (Lipinski definition) is 2. The number of piperidine rings is 1. The van der Waals surface area contributed by atoms with Gasteiger partial charge in [0.05, 0.1) is 12.0 Å². The first kappa shape index (κ1) is 17.1. The standard InChI is InChI=1S/C16H24N4O3/c1-11(2)23-15-12(5-3-7-18-15)9-19-14(21)13-6-4-8-20(10-13)16(17)22/h3,5,7,11,13H,4,6,8-10H2,1-2H3,(H2,17,22)(H,19,21). The van der Waals surface area contributed by atoms with E-state index in [-0.39, 0.29) is 17.9 Å². The number of amides is 3. The summed E-state index contributed by atoms with van der Waals surface area (Å²) in [6, 6.07) is 3.22. The summed E-state index contributed by atoms with van der Waals surface area (Å²) in [6.45, 7) is 5.20. The Kier molecular flexibility index (Phi) is 5.78. The summed E-state index contributed by atoms with van der Waals surface area (Å²) in [4.78, 5) is 29.3. The Morgan fingerprint density at radius 1 is 1.52 bits per heavy atom. The Morgan fingerprint density at radius 2 is 2.30 bits per heavy atom. The van der Waals surface area contributed by atoms with E-state index in [0.717, 1.165) is 18.4 Å². The van der Waals surface area contributed by atoms with E-state index in [0.29, 0.717) is 25.5 Å². The minimum Gasteiger partial charge on any atom is -0.475 e. The lowest BCUT2D eigenvalue weighted by atomic mass is 9.97. The average Bonchev–Trinajstić information content (AvgIpc) is 2.53. The van der Waals surface area contributed by atoms with Crippen molar-refractivity contribution >= 4 is 11.9 Å². The number of likely N-dealkylation sites (tertiary alicyclic amines) is 1. The van der Waals surface area contributed by atoms with Crippen molar-refractivity contribution in [2.24, 2.45) is 11.7 Å². The van der Waals surface area contributed by atoms with Crippen molar-refractivity contribution in [1.82, 2.24) is 15.2 Å². The Bertz CT molecular complexity index is 562. The molecule has 7 heteroatoms. The molecule has 3 N–H and O–H groups in total. The van der Waals surface area contributed by atoms with Crippen molar-refractivity contribution in [2.45, 2.75) is 39.3 Å². The molecule has 0 saturated carbocycles. The zero-order valence-electron chi connectivity index (χ0n) is 13.6. The molecule has 1 aromatic heterocycles. The summed E-state index contributed by atoms with van der Waals surface area (Å²) in [7, 11) is 0. The van der Waals surface area contributed by atoms with Gasteiger partial charge in [-0.1, -0.05) is 6.07 Å². The first-order valence-corrected chi connectivity index (χ1v) is 7.90. The number of carbonyl (C=O) groups is 2. The number of nitrogens with two attached hydrogens (primary N) is 1. The first-order chi connectivity index (χ1) is 11.0. The molecule has 3 amide bonds. The number of aromatic nitrogens is 1. The molecule has 0 bridgehead atoms. The molecule has 0 aromatic carbocycles. The van der Waals surface area contributed by atoms with Crippen LogP contribution in [0.3, 0.4) is 0 Å². The second-order valence-electron chi connectivity index (χ2n) is 5.98. The highest BCUT2D eigenvalue weighted by Crippen LogP contribution is 2.18. The number of ether oxygens (including phenoxy) is 1. The van der Waals surface area contributed by atoms with E-state index in [1.165, 1.54) is 4.90 Å². The number of rotatable bonds is 5. The number of pyridine rings is 1. The van der Waals surface area contributed by atoms with E-state index in [1.807, 2.05) is 26.0 Å². The monoisotopic (exact) mass is 320 g/mol. The molecule has 1 aliphatic rings. The van der Waals surface area contributed by atoms with Crippen molar-refractivity contribution < 1.29 is 14.3 Å². The molecule has 1 atom stereocenters. The molecule has 0 radical (unpaired) electrons. The molecule has 1 aromatic rings. The molecular weight excluding hydrogens is 296 g/mol. The van der Waals surface area contributed by atoms with E-state index in [2.05, 4.69) is 10.3 Å². The Hall–Kier alpha value is -2.31. The summed E-state index contributed by atoms with van der Waals surface area (Å²) < 4.78 is 5.64. The third-order valence-electron chi connectivity index (χ3n) is 3.75. The number of nitrogens with zero attached hydrogens (tertiary/aromatic N) is 2. The molecule has 1 saturated heterocycles. The van der Waals surface area contributed by atoms with Gasteiger partial charge in [0.15, 0.2) is 0 Å². The summed E-state index contributed by atoms with van der Waals surface area (Å²) in [5.41, 5.74) is 6.12. The lowest BCUT2D eigenvalue weighted by molar-refractivity contribution is -0.126. The van der Waals surface area contributed by atoms with Gasteiger partial charge in [0, 0.05) is 31.4 Å². The van der Waals surface area contributed by atoms with Gasteiger partial charge in [-0.2, -0.15) is 0 Å². The summed E-state index contributed by atoms with van der Waals surface area (Å²) in [5, 5.41) is 2.90. The van der Waals surface area contributed by atoms with Crippen molar-refractivity contribution in [3.8, 4) is 5.88 Å². The van der Waals surface area contributed by atoms with Crippen LogP contribution in [0.1, 0.15) is 32.3 Å². The van der Waals surface area contributed by atoms with Crippen LogP contribution in [0.2, 0.25) is 0 Å². The highest BCUT2D eigenvalue weighted by Gasteiger charge is 2.27. The van der Waals surface area contributed by atoms with E-state index in [1.54, 1.807) is 6.20 Å². The van der Waals surface area contributed by atoms with E-state index in [9.17, 15) is 9.59 Å². The van der Waals surface area contributed by atoms with Crippen LogP contribution in [0.15, 0.2) is 18.3 Å². The van der Waals surface area contributed by atoms with Gasteiger partial charge in [0.2, 0.25) is 11.8 Å². The van der Waals surface area contributed by atoms with Crippen LogP contribution in [-0.2, 0) is 11.3 Å². The quantitative estimate of drug-likeness (QED) is 0.854. The molecule has 7 nitrogen and oxygen atoms in total. The number of carbonyl (C=O) groups excluding carboxylic acids is 2. The molecule has 0 spiro atoms. The van der Waals surface area contributed by atoms with Crippen LogP contribution < -0.4 is 15.8 Å².